The molecule has 3 N–H and O–H groups in total. The van der Waals surface area contributed by atoms with Crippen molar-refractivity contribution in [1.82, 2.24) is 10.3 Å². The van der Waals surface area contributed by atoms with E-state index in [9.17, 15) is 17.6 Å². The highest BCUT2D eigenvalue weighted by Gasteiger charge is 2.10. The summed E-state index contributed by atoms with van der Waals surface area (Å²) >= 11 is 0. The molecule has 21 heavy (non-hydrogen) atoms. The first kappa shape index (κ1) is 15.1. The van der Waals surface area contributed by atoms with Crippen molar-refractivity contribution >= 4 is 15.9 Å². The smallest absolute Gasteiger partial charge is 0.251 e. The molecule has 0 aliphatic heterocycles. The van der Waals surface area contributed by atoms with E-state index in [4.69, 9.17) is 5.14 Å². The fourth-order valence-electron chi connectivity index (χ4n) is 1.66. The highest BCUT2D eigenvalue weighted by molar-refractivity contribution is 7.89. The van der Waals surface area contributed by atoms with Gasteiger partial charge >= 0.3 is 0 Å². The first-order valence-corrected chi connectivity index (χ1v) is 7.42. The Balaban J connectivity index is 2.08. The summed E-state index contributed by atoms with van der Waals surface area (Å²) in [5.41, 5.74) is 0.689. The van der Waals surface area contributed by atoms with Crippen molar-refractivity contribution in [3.8, 4) is 0 Å². The van der Waals surface area contributed by atoms with Crippen LogP contribution in [0.15, 0.2) is 47.5 Å². The van der Waals surface area contributed by atoms with Gasteiger partial charge in [-0.15, -0.1) is 0 Å². The van der Waals surface area contributed by atoms with Gasteiger partial charge < -0.3 is 5.32 Å². The van der Waals surface area contributed by atoms with Crippen LogP contribution < -0.4 is 10.5 Å². The molecule has 0 aliphatic carbocycles. The predicted molar refractivity (Wildman–Crippen MR) is 73.2 cm³/mol. The van der Waals surface area contributed by atoms with Gasteiger partial charge in [-0.3, -0.25) is 4.79 Å². The number of hydrogen-bond acceptors (Lipinski definition) is 4. The summed E-state index contributed by atoms with van der Waals surface area (Å²) in [5, 5.41) is 7.58. The largest absolute Gasteiger partial charge is 0.348 e. The predicted octanol–water partition coefficient (Wildman–Crippen LogP) is 0.798. The van der Waals surface area contributed by atoms with Crippen LogP contribution in [0.5, 0.6) is 0 Å². The molecule has 0 radical (unpaired) electrons. The second-order valence-electron chi connectivity index (χ2n) is 4.24. The van der Waals surface area contributed by atoms with Crippen molar-refractivity contribution in [2.24, 2.45) is 5.14 Å². The quantitative estimate of drug-likeness (QED) is 0.815. The number of rotatable bonds is 4. The molecule has 0 fully saturated rings. The van der Waals surface area contributed by atoms with E-state index < -0.39 is 21.9 Å². The highest BCUT2D eigenvalue weighted by Crippen LogP contribution is 2.10. The number of halogens is 1. The molecule has 0 bridgehead atoms. The van der Waals surface area contributed by atoms with Crippen LogP contribution in [-0.4, -0.2) is 19.3 Å². The summed E-state index contributed by atoms with van der Waals surface area (Å²) < 4.78 is 35.4. The molecule has 0 atom stereocenters. The number of benzene rings is 1. The molecule has 6 nitrogen and oxygen atoms in total. The first-order chi connectivity index (χ1) is 9.86. The van der Waals surface area contributed by atoms with E-state index in [-0.39, 0.29) is 17.0 Å². The molecule has 1 aromatic heterocycles. The standard InChI is InChI=1S/C13H12FN3O3S/c14-12-7-10(4-5-16-12)13(18)17-8-9-2-1-3-11(6-9)21(15,19)20/h1-7H,8H2,(H,17,18)(H2,15,19,20). The molecular weight excluding hydrogens is 297 g/mol. The van der Waals surface area contributed by atoms with E-state index in [0.717, 1.165) is 6.07 Å². The van der Waals surface area contributed by atoms with Crippen LogP contribution in [0.25, 0.3) is 0 Å². The third-order valence-corrected chi connectivity index (χ3v) is 3.58. The summed E-state index contributed by atoms with van der Waals surface area (Å²) in [6.45, 7) is 0.0894. The molecule has 1 amide bonds. The molecule has 1 heterocycles. The van der Waals surface area contributed by atoms with Crippen molar-refractivity contribution in [2.75, 3.05) is 0 Å². The van der Waals surface area contributed by atoms with E-state index in [1.165, 1.54) is 30.5 Å². The Kier molecular flexibility index (Phi) is 4.29. The van der Waals surface area contributed by atoms with Crippen molar-refractivity contribution in [2.45, 2.75) is 11.4 Å². The summed E-state index contributed by atoms with van der Waals surface area (Å²) in [5.74, 6) is -1.24. The Morgan fingerprint density at radius 2 is 2.05 bits per heavy atom. The number of carbonyl (C=O) groups is 1. The minimum Gasteiger partial charge on any atom is -0.348 e. The Bertz CT molecular complexity index is 778. The Morgan fingerprint density at radius 1 is 1.29 bits per heavy atom. The van der Waals surface area contributed by atoms with Crippen LogP contribution in [0, 0.1) is 5.95 Å². The molecule has 2 rings (SSSR count). The molecule has 0 spiro atoms. The average Bonchev–Trinajstić information content (AvgIpc) is 2.44. The maximum absolute atomic E-state index is 12.9. The summed E-state index contributed by atoms with van der Waals surface area (Å²) in [6.07, 6.45) is 1.19. The Morgan fingerprint density at radius 3 is 2.71 bits per heavy atom. The van der Waals surface area contributed by atoms with Crippen molar-refractivity contribution < 1.29 is 17.6 Å². The van der Waals surface area contributed by atoms with E-state index in [1.54, 1.807) is 6.07 Å². The second kappa shape index (κ2) is 5.98. The minimum absolute atomic E-state index is 0.0378. The minimum atomic E-state index is -3.79. The fraction of sp³-hybridized carbons (Fsp3) is 0.0769. The van der Waals surface area contributed by atoms with Gasteiger partial charge in [-0.2, -0.15) is 4.39 Å². The lowest BCUT2D eigenvalue weighted by Crippen LogP contribution is -2.23. The summed E-state index contributed by atoms with van der Waals surface area (Å²) in [7, 11) is -3.79. The van der Waals surface area contributed by atoms with Crippen molar-refractivity contribution in [3.05, 3.63) is 59.7 Å². The lowest BCUT2D eigenvalue weighted by molar-refractivity contribution is 0.0950. The van der Waals surface area contributed by atoms with E-state index >= 15 is 0 Å². The zero-order chi connectivity index (χ0) is 15.5. The molecule has 0 saturated carbocycles. The molecular formula is C13H12FN3O3S. The normalized spacial score (nSPS) is 11.1. The zero-order valence-corrected chi connectivity index (χ0v) is 11.6. The van der Waals surface area contributed by atoms with E-state index in [0.29, 0.717) is 5.56 Å². The van der Waals surface area contributed by atoms with Gasteiger partial charge in [0.2, 0.25) is 16.0 Å². The molecule has 0 unspecified atom stereocenters. The number of nitrogens with two attached hydrogens (primary N) is 1. The number of aromatic nitrogens is 1. The average molecular weight is 309 g/mol. The lowest BCUT2D eigenvalue weighted by Gasteiger charge is -2.06. The van der Waals surface area contributed by atoms with Gasteiger partial charge in [0.1, 0.15) is 0 Å². The number of amides is 1. The number of primary sulfonamides is 1. The first-order valence-electron chi connectivity index (χ1n) is 5.88. The maximum atomic E-state index is 12.9. The van der Waals surface area contributed by atoms with Crippen LogP contribution in [0.2, 0.25) is 0 Å². The number of sulfonamides is 1. The molecule has 0 aliphatic rings. The van der Waals surface area contributed by atoms with Gasteiger partial charge in [0.05, 0.1) is 4.90 Å². The molecule has 0 saturated heterocycles. The monoisotopic (exact) mass is 309 g/mol. The van der Waals surface area contributed by atoms with Gasteiger partial charge in [-0.05, 0) is 23.8 Å². The molecule has 110 valence electrons. The van der Waals surface area contributed by atoms with Crippen LogP contribution in [0.3, 0.4) is 0 Å². The number of nitrogens with one attached hydrogen (secondary N) is 1. The van der Waals surface area contributed by atoms with Gasteiger partial charge in [0, 0.05) is 24.4 Å². The topological polar surface area (TPSA) is 102 Å². The Hall–Kier alpha value is -2.32. The van der Waals surface area contributed by atoms with Gasteiger partial charge in [0.25, 0.3) is 5.91 Å². The Labute approximate surface area is 120 Å². The highest BCUT2D eigenvalue weighted by atomic mass is 32.2. The van der Waals surface area contributed by atoms with Crippen LogP contribution in [-0.2, 0) is 16.6 Å². The van der Waals surface area contributed by atoms with Gasteiger partial charge in [-0.25, -0.2) is 18.5 Å². The number of hydrogen-bond donors (Lipinski definition) is 2. The van der Waals surface area contributed by atoms with Crippen molar-refractivity contribution in [3.63, 3.8) is 0 Å². The summed E-state index contributed by atoms with van der Waals surface area (Å²) in [4.78, 5) is 15.1. The van der Waals surface area contributed by atoms with E-state index in [2.05, 4.69) is 10.3 Å². The second-order valence-corrected chi connectivity index (χ2v) is 5.80. The van der Waals surface area contributed by atoms with Crippen LogP contribution >= 0.6 is 0 Å². The maximum Gasteiger partial charge on any atom is 0.251 e. The van der Waals surface area contributed by atoms with Crippen LogP contribution in [0.1, 0.15) is 15.9 Å². The SMILES string of the molecule is NS(=O)(=O)c1cccc(CNC(=O)c2ccnc(F)c2)c1. The molecule has 1 aromatic carbocycles. The van der Waals surface area contributed by atoms with Crippen LogP contribution in [0.4, 0.5) is 4.39 Å². The lowest BCUT2D eigenvalue weighted by atomic mass is 10.2. The summed E-state index contributed by atoms with van der Waals surface area (Å²) in [6, 6.07) is 8.27. The number of pyridine rings is 1. The van der Waals surface area contributed by atoms with Gasteiger partial charge in [-0.1, -0.05) is 12.1 Å². The van der Waals surface area contributed by atoms with Crippen molar-refractivity contribution in [1.29, 1.82) is 0 Å². The van der Waals surface area contributed by atoms with Gasteiger partial charge in [0.15, 0.2) is 0 Å². The third kappa shape index (κ3) is 4.07. The fourth-order valence-corrected chi connectivity index (χ4v) is 2.24. The number of nitrogens with zero attached hydrogens (tertiary/aromatic N) is 1. The molecule has 2 aromatic rings. The number of carbonyl (C=O) groups excluding carboxylic acids is 1. The zero-order valence-electron chi connectivity index (χ0n) is 10.8. The van der Waals surface area contributed by atoms with E-state index in [1.807, 2.05) is 0 Å². The molecule has 8 heteroatoms. The third-order valence-electron chi connectivity index (χ3n) is 2.67.